The summed E-state index contributed by atoms with van der Waals surface area (Å²) in [5.41, 5.74) is 0. The summed E-state index contributed by atoms with van der Waals surface area (Å²) < 4.78 is 0. The fourth-order valence-corrected chi connectivity index (χ4v) is 1.91. The van der Waals surface area contributed by atoms with E-state index in [1.54, 1.807) is 0 Å². The fraction of sp³-hybridized carbons (Fsp3) is 0.812. The van der Waals surface area contributed by atoms with Crippen molar-refractivity contribution in [3.8, 4) is 0 Å². The smallest absolute Gasteiger partial charge is 0.198 e. The summed E-state index contributed by atoms with van der Waals surface area (Å²) in [7, 11) is 0. The van der Waals surface area contributed by atoms with Crippen LogP contribution in [0, 0.1) is 0 Å². The van der Waals surface area contributed by atoms with Crippen LogP contribution in [0.15, 0.2) is 12.2 Å². The molecule has 0 amide bonds. The zero-order chi connectivity index (χ0) is 12.6. The lowest BCUT2D eigenvalue weighted by Crippen LogP contribution is -1.79. The molecule has 0 aromatic heterocycles. The molecule has 17 heavy (non-hydrogen) atoms. The monoisotopic (exact) mass is 237 g/mol. The molecule has 0 saturated carbocycles. The van der Waals surface area contributed by atoms with Crippen LogP contribution in [0.4, 0.5) is 0 Å². The third-order valence-corrected chi connectivity index (χ3v) is 3.04. The van der Waals surface area contributed by atoms with Gasteiger partial charge in [0, 0.05) is 6.42 Å². The zero-order valence-electron chi connectivity index (χ0n) is 11.5. The summed E-state index contributed by atoms with van der Waals surface area (Å²) in [6.45, 7) is 2.26. The standard InChI is InChI=1S/C16H29O/c1-2-3-4-5-6-7-8-9-10-11-12-13-14-15-16-17/h8-9H,2-7,10-15H2,1H3/b9-8+. The maximum absolute atomic E-state index is 9.97. The predicted molar refractivity (Wildman–Crippen MR) is 75.9 cm³/mol. The van der Waals surface area contributed by atoms with Crippen LogP contribution in [-0.4, -0.2) is 6.29 Å². The Hall–Kier alpha value is -0.590. The minimum atomic E-state index is 0.619. The third kappa shape index (κ3) is 15.4. The summed E-state index contributed by atoms with van der Waals surface area (Å²) >= 11 is 0. The van der Waals surface area contributed by atoms with Crippen molar-refractivity contribution in [1.29, 1.82) is 0 Å². The molecular formula is C16H29O. The molecule has 1 heteroatoms. The summed E-state index contributed by atoms with van der Waals surface area (Å²) in [6, 6.07) is 0. The lowest BCUT2D eigenvalue weighted by Gasteiger charge is -1.97. The van der Waals surface area contributed by atoms with Crippen LogP contribution in [0.25, 0.3) is 0 Å². The van der Waals surface area contributed by atoms with E-state index in [1.807, 2.05) is 6.29 Å². The quantitative estimate of drug-likeness (QED) is 0.311. The summed E-state index contributed by atoms with van der Waals surface area (Å²) in [5, 5.41) is 0. The average molecular weight is 237 g/mol. The van der Waals surface area contributed by atoms with Gasteiger partial charge >= 0.3 is 0 Å². The van der Waals surface area contributed by atoms with Gasteiger partial charge < -0.3 is 0 Å². The SMILES string of the molecule is CCCCCCC/C=C/CCCCCC[C]=O. The average Bonchev–Trinajstić information content (AvgIpc) is 2.35. The Kier molecular flexibility index (Phi) is 14.9. The normalized spacial score (nSPS) is 11.1. The molecule has 0 heterocycles. The van der Waals surface area contributed by atoms with Gasteiger partial charge in [0.25, 0.3) is 0 Å². The van der Waals surface area contributed by atoms with E-state index in [0.717, 1.165) is 6.42 Å². The van der Waals surface area contributed by atoms with Crippen molar-refractivity contribution in [2.24, 2.45) is 0 Å². The largest absolute Gasteiger partial charge is 0.291 e. The van der Waals surface area contributed by atoms with Crippen molar-refractivity contribution < 1.29 is 4.79 Å². The second-order valence-electron chi connectivity index (χ2n) is 4.77. The van der Waals surface area contributed by atoms with E-state index in [0.29, 0.717) is 6.42 Å². The van der Waals surface area contributed by atoms with Crippen LogP contribution in [0.2, 0.25) is 0 Å². The summed E-state index contributed by atoms with van der Waals surface area (Å²) in [6.07, 6.45) is 21.3. The molecule has 1 radical (unpaired) electrons. The highest BCUT2D eigenvalue weighted by Gasteiger charge is 1.89. The lowest BCUT2D eigenvalue weighted by atomic mass is 10.1. The van der Waals surface area contributed by atoms with Gasteiger partial charge in [-0.1, -0.05) is 57.6 Å². The van der Waals surface area contributed by atoms with Gasteiger partial charge in [-0.3, -0.25) is 4.79 Å². The molecule has 0 aliphatic rings. The summed E-state index contributed by atoms with van der Waals surface area (Å²) in [4.78, 5) is 9.97. The van der Waals surface area contributed by atoms with Gasteiger partial charge in [-0.15, -0.1) is 0 Å². The van der Waals surface area contributed by atoms with E-state index in [1.165, 1.54) is 64.2 Å². The van der Waals surface area contributed by atoms with Crippen LogP contribution in [0.3, 0.4) is 0 Å². The van der Waals surface area contributed by atoms with Crippen molar-refractivity contribution in [2.45, 2.75) is 84.0 Å². The van der Waals surface area contributed by atoms with E-state index in [2.05, 4.69) is 19.1 Å². The molecule has 0 aromatic rings. The van der Waals surface area contributed by atoms with Crippen LogP contribution in [-0.2, 0) is 4.79 Å². The molecule has 1 nitrogen and oxygen atoms in total. The van der Waals surface area contributed by atoms with Gasteiger partial charge in [-0.25, -0.2) is 0 Å². The molecule has 0 aliphatic carbocycles. The van der Waals surface area contributed by atoms with Crippen molar-refractivity contribution in [3.63, 3.8) is 0 Å². The van der Waals surface area contributed by atoms with Crippen molar-refractivity contribution in [3.05, 3.63) is 12.2 Å². The zero-order valence-corrected chi connectivity index (χ0v) is 11.5. The first-order chi connectivity index (χ1) is 8.41. The number of unbranched alkanes of at least 4 members (excludes halogenated alkanes) is 10. The van der Waals surface area contributed by atoms with Crippen molar-refractivity contribution in [2.75, 3.05) is 0 Å². The lowest BCUT2D eigenvalue weighted by molar-refractivity contribution is 0.544. The molecule has 99 valence electrons. The Labute approximate surface area is 108 Å². The molecule has 0 spiro atoms. The molecule has 0 aliphatic heterocycles. The van der Waals surface area contributed by atoms with Gasteiger partial charge in [0.15, 0.2) is 6.29 Å². The van der Waals surface area contributed by atoms with Gasteiger partial charge in [0.1, 0.15) is 0 Å². The number of rotatable bonds is 13. The van der Waals surface area contributed by atoms with E-state index >= 15 is 0 Å². The number of allylic oxidation sites excluding steroid dienone is 2. The Morgan fingerprint density at radius 1 is 0.765 bits per heavy atom. The van der Waals surface area contributed by atoms with Crippen LogP contribution < -0.4 is 0 Å². The maximum atomic E-state index is 9.97. The van der Waals surface area contributed by atoms with Crippen molar-refractivity contribution in [1.82, 2.24) is 0 Å². The third-order valence-electron chi connectivity index (χ3n) is 3.04. The van der Waals surface area contributed by atoms with Gasteiger partial charge in [0.2, 0.25) is 0 Å². The minimum Gasteiger partial charge on any atom is -0.291 e. The van der Waals surface area contributed by atoms with Gasteiger partial charge in [-0.05, 0) is 32.1 Å². The molecular weight excluding hydrogens is 208 g/mol. The molecule has 0 fully saturated rings. The highest BCUT2D eigenvalue weighted by Crippen LogP contribution is 2.07. The molecule has 0 unspecified atom stereocenters. The highest BCUT2D eigenvalue weighted by molar-refractivity contribution is 5.50. The molecule has 0 bridgehead atoms. The fourth-order valence-electron chi connectivity index (χ4n) is 1.91. The first kappa shape index (κ1) is 16.4. The Morgan fingerprint density at radius 3 is 1.82 bits per heavy atom. The molecule has 0 saturated heterocycles. The number of hydrogen-bond acceptors (Lipinski definition) is 1. The maximum Gasteiger partial charge on any atom is 0.198 e. The Bertz CT molecular complexity index is 172. The van der Waals surface area contributed by atoms with Crippen LogP contribution in [0.5, 0.6) is 0 Å². The van der Waals surface area contributed by atoms with Gasteiger partial charge in [-0.2, -0.15) is 0 Å². The van der Waals surface area contributed by atoms with Crippen molar-refractivity contribution >= 4 is 6.29 Å². The van der Waals surface area contributed by atoms with Crippen LogP contribution >= 0.6 is 0 Å². The topological polar surface area (TPSA) is 17.1 Å². The molecule has 0 N–H and O–H groups in total. The van der Waals surface area contributed by atoms with Crippen LogP contribution in [0.1, 0.15) is 84.0 Å². The second kappa shape index (κ2) is 15.4. The predicted octanol–water partition coefficient (Wildman–Crippen LogP) is 5.35. The van der Waals surface area contributed by atoms with E-state index < -0.39 is 0 Å². The minimum absolute atomic E-state index is 0.619. The van der Waals surface area contributed by atoms with E-state index in [4.69, 9.17) is 0 Å². The Morgan fingerprint density at radius 2 is 1.29 bits per heavy atom. The second-order valence-corrected chi connectivity index (χ2v) is 4.77. The molecule has 0 atom stereocenters. The number of carbonyl (C=O) groups excluding carboxylic acids is 1. The molecule has 0 aromatic carbocycles. The van der Waals surface area contributed by atoms with Gasteiger partial charge in [0.05, 0.1) is 0 Å². The Balaban J connectivity index is 3.01. The summed E-state index contributed by atoms with van der Waals surface area (Å²) in [5.74, 6) is 0. The number of hydrogen-bond donors (Lipinski definition) is 0. The van der Waals surface area contributed by atoms with E-state index in [-0.39, 0.29) is 0 Å². The highest BCUT2D eigenvalue weighted by atomic mass is 16.1. The first-order valence-electron chi connectivity index (χ1n) is 7.41. The van der Waals surface area contributed by atoms with E-state index in [9.17, 15) is 4.79 Å². The first-order valence-corrected chi connectivity index (χ1v) is 7.41. The molecule has 0 rings (SSSR count).